The van der Waals surface area contributed by atoms with E-state index in [4.69, 9.17) is 4.74 Å². The minimum Gasteiger partial charge on any atom is -0.383 e. The maximum absolute atomic E-state index is 10.5. The van der Waals surface area contributed by atoms with Crippen molar-refractivity contribution < 1.29 is 13.2 Å². The fraction of sp³-hybridized carbons (Fsp3) is 0.333. The number of ether oxygens (including phenoxy) is 1. The van der Waals surface area contributed by atoms with Gasteiger partial charge < -0.3 is 10.1 Å². The molecule has 5 heteroatoms. The van der Waals surface area contributed by atoms with Crippen LogP contribution in [-0.4, -0.2) is 28.7 Å². The van der Waals surface area contributed by atoms with E-state index >= 15 is 0 Å². The first-order valence-electron chi connectivity index (χ1n) is 4.13. The van der Waals surface area contributed by atoms with Crippen LogP contribution in [0.3, 0.4) is 0 Å². The normalized spacial score (nSPS) is 10.4. The number of hydrogen-bond acceptors (Lipinski definition) is 4. The van der Waals surface area contributed by atoms with Crippen LogP contribution in [0.4, 0.5) is 5.69 Å². The minimum atomic E-state index is -2.51. The third-order valence-electron chi connectivity index (χ3n) is 1.63. The average Bonchev–Trinajstić information content (AvgIpc) is 2.19. The molecule has 1 aromatic rings. The van der Waals surface area contributed by atoms with E-state index < -0.39 is 10.7 Å². The van der Waals surface area contributed by atoms with Crippen LogP contribution in [0, 0.1) is 6.07 Å². The van der Waals surface area contributed by atoms with Crippen molar-refractivity contribution in [2.45, 2.75) is 4.90 Å². The molecule has 0 amide bonds. The number of hydrogen-bond donors (Lipinski definition) is 2. The molecule has 1 aromatic carbocycles. The van der Waals surface area contributed by atoms with Crippen molar-refractivity contribution in [3.05, 3.63) is 24.3 Å². The van der Waals surface area contributed by atoms with Gasteiger partial charge in [-0.1, -0.05) is 0 Å². The molecule has 0 heterocycles. The second kappa shape index (κ2) is 5.62. The minimum absolute atomic E-state index is 0.275. The fourth-order valence-corrected chi connectivity index (χ4v) is 1.29. The fourth-order valence-electron chi connectivity index (χ4n) is 0.928. The van der Waals surface area contributed by atoms with Gasteiger partial charge >= 0.3 is 0 Å². The van der Waals surface area contributed by atoms with Crippen molar-refractivity contribution in [3.8, 4) is 0 Å². The quantitative estimate of drug-likeness (QED) is 0.554. The van der Waals surface area contributed by atoms with Crippen LogP contribution in [0.15, 0.2) is 23.1 Å². The van der Waals surface area contributed by atoms with Gasteiger partial charge in [-0.3, -0.25) is 0 Å². The van der Waals surface area contributed by atoms with Crippen molar-refractivity contribution >= 4 is 16.4 Å². The van der Waals surface area contributed by atoms with Gasteiger partial charge in [0.25, 0.3) is 0 Å². The zero-order valence-corrected chi connectivity index (χ0v) is 8.71. The SMILES string of the molecule is COCCNc1[c]cc([SH](=O)=O)cc1. The number of thiol groups is 1. The highest BCUT2D eigenvalue weighted by Crippen LogP contribution is 2.08. The average molecular weight is 214 g/mol. The number of benzene rings is 1. The Bertz CT molecular complexity index is 338. The van der Waals surface area contributed by atoms with Crippen molar-refractivity contribution in [1.82, 2.24) is 0 Å². The molecule has 0 atom stereocenters. The lowest BCUT2D eigenvalue weighted by atomic mass is 10.3. The van der Waals surface area contributed by atoms with Crippen LogP contribution in [0.25, 0.3) is 0 Å². The van der Waals surface area contributed by atoms with Crippen molar-refractivity contribution in [2.75, 3.05) is 25.6 Å². The summed E-state index contributed by atoms with van der Waals surface area (Å²) in [6.45, 7) is 1.28. The molecule has 0 aliphatic rings. The Balaban J connectivity index is 2.55. The Morgan fingerprint density at radius 2 is 2.29 bits per heavy atom. The monoisotopic (exact) mass is 214 g/mol. The lowest BCUT2D eigenvalue weighted by Crippen LogP contribution is -2.07. The van der Waals surface area contributed by atoms with E-state index in [1.54, 1.807) is 13.2 Å². The third-order valence-corrected chi connectivity index (χ3v) is 2.33. The van der Waals surface area contributed by atoms with Gasteiger partial charge in [-0.2, -0.15) is 0 Å². The van der Waals surface area contributed by atoms with E-state index in [-0.39, 0.29) is 4.90 Å². The standard InChI is InChI=1S/C9H12NO3S/c1-13-7-6-10-8-2-4-9(5-3-8)14(11)12/h2,4-5,10,14H,6-7H2,1H3. The highest BCUT2D eigenvalue weighted by molar-refractivity contribution is 7.72. The summed E-state index contributed by atoms with van der Waals surface area (Å²) in [5.74, 6) is 0. The van der Waals surface area contributed by atoms with E-state index in [1.807, 2.05) is 0 Å². The summed E-state index contributed by atoms with van der Waals surface area (Å²) >= 11 is 0. The number of rotatable bonds is 5. The van der Waals surface area contributed by atoms with Crippen LogP contribution in [0.2, 0.25) is 0 Å². The first-order valence-corrected chi connectivity index (χ1v) is 5.30. The van der Waals surface area contributed by atoms with Gasteiger partial charge in [0, 0.05) is 25.4 Å². The van der Waals surface area contributed by atoms with Gasteiger partial charge in [0.2, 0.25) is 0 Å². The zero-order chi connectivity index (χ0) is 10.4. The molecule has 77 valence electrons. The maximum atomic E-state index is 10.5. The second-order valence-corrected chi connectivity index (χ2v) is 3.67. The first-order chi connectivity index (χ1) is 6.74. The summed E-state index contributed by atoms with van der Waals surface area (Å²) in [6.07, 6.45) is 0. The van der Waals surface area contributed by atoms with E-state index in [0.29, 0.717) is 13.2 Å². The molecule has 0 unspecified atom stereocenters. The molecule has 0 saturated heterocycles. The van der Waals surface area contributed by atoms with E-state index in [0.717, 1.165) is 5.69 Å². The molecular formula is C9H12NO3S. The molecule has 0 bridgehead atoms. The molecule has 1 N–H and O–H groups in total. The Kier molecular flexibility index (Phi) is 4.42. The summed E-state index contributed by atoms with van der Waals surface area (Å²) in [4.78, 5) is 0.275. The van der Waals surface area contributed by atoms with Crippen LogP contribution in [0.1, 0.15) is 0 Å². The van der Waals surface area contributed by atoms with Crippen molar-refractivity contribution in [1.29, 1.82) is 0 Å². The molecule has 0 aromatic heterocycles. The molecule has 0 fully saturated rings. The summed E-state index contributed by atoms with van der Waals surface area (Å²) < 4.78 is 26.0. The van der Waals surface area contributed by atoms with Gasteiger partial charge in [0.15, 0.2) is 10.7 Å². The summed E-state index contributed by atoms with van der Waals surface area (Å²) in [7, 11) is -0.886. The van der Waals surface area contributed by atoms with Crippen LogP contribution in [-0.2, 0) is 15.4 Å². The van der Waals surface area contributed by atoms with Crippen LogP contribution < -0.4 is 5.32 Å². The van der Waals surface area contributed by atoms with Crippen LogP contribution >= 0.6 is 0 Å². The van der Waals surface area contributed by atoms with Gasteiger partial charge in [-0.05, 0) is 18.2 Å². The lowest BCUT2D eigenvalue weighted by Gasteiger charge is -2.04. The summed E-state index contributed by atoms with van der Waals surface area (Å²) in [6, 6.07) is 7.49. The van der Waals surface area contributed by atoms with Gasteiger partial charge in [0.1, 0.15) is 0 Å². The van der Waals surface area contributed by atoms with Gasteiger partial charge in [0.05, 0.1) is 11.5 Å². The van der Waals surface area contributed by atoms with E-state index in [9.17, 15) is 8.42 Å². The Morgan fingerprint density at radius 1 is 1.50 bits per heavy atom. The Labute approximate surface area is 84.8 Å². The molecule has 0 aliphatic heterocycles. The number of anilines is 1. The Hall–Kier alpha value is -1.07. The van der Waals surface area contributed by atoms with E-state index in [1.165, 1.54) is 12.1 Å². The molecular weight excluding hydrogens is 202 g/mol. The maximum Gasteiger partial charge on any atom is 0.168 e. The highest BCUT2D eigenvalue weighted by atomic mass is 32.2. The molecule has 0 aliphatic carbocycles. The predicted molar refractivity (Wildman–Crippen MR) is 54.2 cm³/mol. The molecule has 1 rings (SSSR count). The summed E-state index contributed by atoms with van der Waals surface area (Å²) in [5, 5.41) is 3.03. The summed E-state index contributed by atoms with van der Waals surface area (Å²) in [5.41, 5.74) is 0.766. The predicted octanol–water partition coefficient (Wildman–Crippen LogP) is 0.515. The molecule has 4 nitrogen and oxygen atoms in total. The lowest BCUT2D eigenvalue weighted by molar-refractivity contribution is 0.211. The molecule has 0 saturated carbocycles. The first kappa shape index (κ1) is 11.0. The number of nitrogens with one attached hydrogen (secondary N) is 1. The van der Waals surface area contributed by atoms with Crippen molar-refractivity contribution in [3.63, 3.8) is 0 Å². The smallest absolute Gasteiger partial charge is 0.168 e. The topological polar surface area (TPSA) is 55.4 Å². The highest BCUT2D eigenvalue weighted by Gasteiger charge is 1.95. The molecule has 1 radical (unpaired) electrons. The molecule has 14 heavy (non-hydrogen) atoms. The molecule has 0 spiro atoms. The van der Waals surface area contributed by atoms with Crippen molar-refractivity contribution in [2.24, 2.45) is 0 Å². The van der Waals surface area contributed by atoms with E-state index in [2.05, 4.69) is 11.4 Å². The largest absolute Gasteiger partial charge is 0.383 e. The number of methoxy groups -OCH3 is 1. The third kappa shape index (κ3) is 3.35. The second-order valence-electron chi connectivity index (χ2n) is 2.64. The van der Waals surface area contributed by atoms with Gasteiger partial charge in [-0.15, -0.1) is 0 Å². The van der Waals surface area contributed by atoms with Gasteiger partial charge in [-0.25, -0.2) is 8.42 Å². The Morgan fingerprint density at radius 3 is 2.79 bits per heavy atom. The zero-order valence-electron chi connectivity index (χ0n) is 7.82. The van der Waals surface area contributed by atoms with Crippen LogP contribution in [0.5, 0.6) is 0 Å².